The van der Waals surface area contributed by atoms with Crippen LogP contribution in [0.1, 0.15) is 23.6 Å². The number of ether oxygens (including phenoxy) is 2. The van der Waals surface area contributed by atoms with Gasteiger partial charge in [-0.2, -0.15) is 13.2 Å². The number of fused-ring (bicyclic) bond motifs is 1. The summed E-state index contributed by atoms with van der Waals surface area (Å²) in [5, 5.41) is 2.21. The largest absolute Gasteiger partial charge is 0.490 e. The maximum Gasteiger partial charge on any atom is 0.416 e. The highest BCUT2D eigenvalue weighted by Gasteiger charge is 2.36. The van der Waals surface area contributed by atoms with Gasteiger partial charge in [-0.25, -0.2) is 0 Å². The van der Waals surface area contributed by atoms with E-state index in [1.54, 1.807) is 18.2 Å². The van der Waals surface area contributed by atoms with E-state index in [0.29, 0.717) is 34.7 Å². The molecule has 0 bridgehead atoms. The molecule has 1 aliphatic heterocycles. The van der Waals surface area contributed by atoms with Crippen molar-refractivity contribution in [3.63, 3.8) is 0 Å². The Morgan fingerprint density at radius 2 is 1.75 bits per heavy atom. The lowest BCUT2D eigenvalue weighted by Gasteiger charge is -2.16. The number of alkyl halides is 3. The zero-order valence-corrected chi connectivity index (χ0v) is 24.2. The molecule has 0 aromatic heterocycles. The molecule has 0 aliphatic carbocycles. The van der Waals surface area contributed by atoms with Gasteiger partial charge in [0.15, 0.2) is 15.8 Å². The van der Waals surface area contributed by atoms with E-state index in [1.807, 2.05) is 49.4 Å². The van der Waals surface area contributed by atoms with E-state index in [-0.39, 0.29) is 14.9 Å². The van der Waals surface area contributed by atoms with E-state index in [9.17, 15) is 18.0 Å². The first kappa shape index (κ1) is 28.2. The molecule has 40 heavy (non-hydrogen) atoms. The van der Waals surface area contributed by atoms with Crippen molar-refractivity contribution in [3.8, 4) is 11.5 Å². The summed E-state index contributed by atoms with van der Waals surface area (Å²) in [6, 6.07) is 22.2. The lowest BCUT2D eigenvalue weighted by Crippen LogP contribution is -2.27. The van der Waals surface area contributed by atoms with Crippen molar-refractivity contribution in [1.82, 2.24) is 0 Å². The third kappa shape index (κ3) is 5.89. The minimum atomic E-state index is -4.54. The Morgan fingerprint density at radius 1 is 1.00 bits per heavy atom. The molecule has 10 heteroatoms. The highest BCUT2D eigenvalue weighted by molar-refractivity contribution is 9.10. The summed E-state index contributed by atoms with van der Waals surface area (Å²) in [4.78, 5) is 14.6. The first-order valence-electron chi connectivity index (χ1n) is 12.2. The minimum absolute atomic E-state index is 0.0640. The quantitative estimate of drug-likeness (QED) is 0.148. The number of carbonyl (C=O) groups is 1. The van der Waals surface area contributed by atoms with Gasteiger partial charge in [-0.1, -0.05) is 72.5 Å². The van der Waals surface area contributed by atoms with E-state index in [0.717, 1.165) is 45.1 Å². The molecule has 0 saturated carbocycles. The van der Waals surface area contributed by atoms with E-state index >= 15 is 0 Å². The lowest BCUT2D eigenvalue weighted by molar-refractivity contribution is -0.137. The van der Waals surface area contributed by atoms with Crippen LogP contribution in [0.5, 0.6) is 11.5 Å². The van der Waals surface area contributed by atoms with Gasteiger partial charge in [-0.3, -0.25) is 9.69 Å². The molecule has 0 N–H and O–H groups in total. The number of amides is 1. The molecule has 5 rings (SSSR count). The number of hydrogen-bond acceptors (Lipinski definition) is 5. The van der Waals surface area contributed by atoms with E-state index in [1.165, 1.54) is 12.1 Å². The average molecular weight is 645 g/mol. The number of anilines is 1. The minimum Gasteiger partial charge on any atom is -0.490 e. The molecular formula is C30H21BrF3NO3S2. The van der Waals surface area contributed by atoms with Crippen molar-refractivity contribution in [2.75, 3.05) is 11.5 Å². The zero-order chi connectivity index (χ0) is 28.4. The smallest absolute Gasteiger partial charge is 0.416 e. The number of hydrogen-bond donors (Lipinski definition) is 0. The molecule has 4 aromatic carbocycles. The maximum absolute atomic E-state index is 13.2. The fourth-order valence-electron chi connectivity index (χ4n) is 4.31. The first-order chi connectivity index (χ1) is 19.2. The van der Waals surface area contributed by atoms with Gasteiger partial charge >= 0.3 is 6.18 Å². The van der Waals surface area contributed by atoms with Gasteiger partial charge < -0.3 is 9.47 Å². The van der Waals surface area contributed by atoms with E-state index in [4.69, 9.17) is 21.7 Å². The van der Waals surface area contributed by atoms with Gasteiger partial charge in [0, 0.05) is 0 Å². The molecule has 0 radical (unpaired) electrons. The second kappa shape index (κ2) is 11.6. The second-order valence-electron chi connectivity index (χ2n) is 8.76. The summed E-state index contributed by atoms with van der Waals surface area (Å²) in [6.45, 7) is 2.56. The number of carbonyl (C=O) groups excluding carboxylic acids is 1. The SMILES string of the molecule is CCOc1cc(/C=C2\SC(=S)N(c3cccc(C(F)(F)F)c3)C2=O)cc(Br)c1OCc1cccc2ccccc12. The summed E-state index contributed by atoms with van der Waals surface area (Å²) in [5.41, 5.74) is 0.869. The summed E-state index contributed by atoms with van der Waals surface area (Å²) < 4.78 is 52.5. The Labute approximate surface area is 246 Å². The van der Waals surface area contributed by atoms with E-state index < -0.39 is 17.6 Å². The van der Waals surface area contributed by atoms with Gasteiger partial charge in [0.25, 0.3) is 5.91 Å². The van der Waals surface area contributed by atoms with Gasteiger partial charge in [-0.15, -0.1) is 0 Å². The molecule has 1 fully saturated rings. The Kier molecular flexibility index (Phi) is 8.21. The number of nitrogens with zero attached hydrogens (tertiary/aromatic N) is 1. The Hall–Kier alpha value is -3.34. The van der Waals surface area contributed by atoms with Crippen LogP contribution in [0.3, 0.4) is 0 Å². The molecule has 1 aliphatic rings. The molecule has 0 spiro atoms. The molecular weight excluding hydrogens is 623 g/mol. The van der Waals surface area contributed by atoms with Gasteiger partial charge in [0.05, 0.1) is 27.2 Å². The normalized spacial score (nSPS) is 14.8. The Balaban J connectivity index is 1.42. The summed E-state index contributed by atoms with van der Waals surface area (Å²) in [7, 11) is 0. The van der Waals surface area contributed by atoms with Crippen molar-refractivity contribution >= 4 is 72.7 Å². The molecule has 1 heterocycles. The number of benzene rings is 4. The van der Waals surface area contributed by atoms with Crippen LogP contribution in [-0.4, -0.2) is 16.8 Å². The summed E-state index contributed by atoms with van der Waals surface area (Å²) in [6.07, 6.45) is -2.90. The van der Waals surface area contributed by atoms with Crippen molar-refractivity contribution in [3.05, 3.63) is 105 Å². The number of thiocarbonyl (C=S) groups is 1. The van der Waals surface area contributed by atoms with Gasteiger partial charge in [0.1, 0.15) is 6.61 Å². The standard InChI is InChI=1S/C30H21BrF3NO3S2/c1-2-37-25-14-18(13-24(31)27(25)38-17-20-9-5-8-19-7-3-4-12-23(19)20)15-26-28(36)35(29(39)40-26)22-11-6-10-21(16-22)30(32,33)34/h3-16H,2,17H2,1H3/b26-15-. The monoisotopic (exact) mass is 643 g/mol. The number of rotatable bonds is 7. The van der Waals surface area contributed by atoms with Crippen LogP contribution in [0.15, 0.2) is 88.2 Å². The second-order valence-corrected chi connectivity index (χ2v) is 11.3. The summed E-state index contributed by atoms with van der Waals surface area (Å²) in [5.74, 6) is 0.500. The fourth-order valence-corrected chi connectivity index (χ4v) is 6.18. The van der Waals surface area contributed by atoms with Crippen LogP contribution in [0.4, 0.5) is 18.9 Å². The van der Waals surface area contributed by atoms with E-state index in [2.05, 4.69) is 15.9 Å². The number of halogens is 4. The maximum atomic E-state index is 13.2. The fraction of sp³-hybridized carbons (Fsp3) is 0.133. The Bertz CT molecular complexity index is 1650. The average Bonchev–Trinajstić information content (AvgIpc) is 3.20. The van der Waals surface area contributed by atoms with Crippen molar-refractivity contribution in [2.45, 2.75) is 19.7 Å². The van der Waals surface area contributed by atoms with Gasteiger partial charge in [-0.05, 0) is 81.2 Å². The van der Waals surface area contributed by atoms with Crippen molar-refractivity contribution < 1.29 is 27.4 Å². The third-order valence-electron chi connectivity index (χ3n) is 6.11. The highest BCUT2D eigenvalue weighted by atomic mass is 79.9. The topological polar surface area (TPSA) is 38.8 Å². The van der Waals surface area contributed by atoms with Crippen molar-refractivity contribution in [2.24, 2.45) is 0 Å². The van der Waals surface area contributed by atoms with Crippen molar-refractivity contribution in [1.29, 1.82) is 0 Å². The Morgan fingerprint density at radius 3 is 2.52 bits per heavy atom. The van der Waals surface area contributed by atoms with Crippen LogP contribution < -0.4 is 14.4 Å². The lowest BCUT2D eigenvalue weighted by atomic mass is 10.1. The summed E-state index contributed by atoms with van der Waals surface area (Å²) >= 11 is 9.95. The predicted molar refractivity (Wildman–Crippen MR) is 161 cm³/mol. The predicted octanol–water partition coefficient (Wildman–Crippen LogP) is 9.00. The number of thioether (sulfide) groups is 1. The molecule has 4 nitrogen and oxygen atoms in total. The molecule has 0 atom stereocenters. The highest BCUT2D eigenvalue weighted by Crippen LogP contribution is 2.41. The van der Waals surface area contributed by atoms with Crippen LogP contribution >= 0.6 is 39.9 Å². The first-order valence-corrected chi connectivity index (χ1v) is 14.2. The molecule has 1 amide bonds. The molecule has 204 valence electrons. The zero-order valence-electron chi connectivity index (χ0n) is 21.0. The molecule has 1 saturated heterocycles. The molecule has 0 unspecified atom stereocenters. The molecule has 4 aromatic rings. The van der Waals surface area contributed by atoms with Crippen LogP contribution in [-0.2, 0) is 17.6 Å². The van der Waals surface area contributed by atoms with Crippen LogP contribution in [0.2, 0.25) is 0 Å². The van der Waals surface area contributed by atoms with Gasteiger partial charge in [0.2, 0.25) is 0 Å². The van der Waals surface area contributed by atoms with Crippen LogP contribution in [0.25, 0.3) is 16.8 Å². The third-order valence-corrected chi connectivity index (χ3v) is 8.00. The van der Waals surface area contributed by atoms with Crippen LogP contribution in [0, 0.1) is 0 Å².